The zero-order valence-corrected chi connectivity index (χ0v) is 9.73. The zero-order valence-electron chi connectivity index (χ0n) is 8.91. The SMILES string of the molecule is Cn1ncc(C(=O)O)c1CN1C(=O)CSC1=O. The fourth-order valence-electron chi connectivity index (χ4n) is 1.51. The lowest BCUT2D eigenvalue weighted by Gasteiger charge is -2.13. The van der Waals surface area contributed by atoms with Crippen LogP contribution in [0.5, 0.6) is 0 Å². The smallest absolute Gasteiger partial charge is 0.339 e. The Kier molecular flexibility index (Phi) is 2.88. The Hall–Kier alpha value is -1.83. The molecule has 0 aromatic carbocycles. The lowest BCUT2D eigenvalue weighted by Crippen LogP contribution is -2.29. The minimum atomic E-state index is -1.13. The average Bonchev–Trinajstić information content (AvgIpc) is 2.77. The molecule has 0 aliphatic carbocycles. The van der Waals surface area contributed by atoms with Gasteiger partial charge in [-0.05, 0) is 0 Å². The molecule has 1 aliphatic heterocycles. The molecule has 1 aliphatic rings. The highest BCUT2D eigenvalue weighted by atomic mass is 32.2. The Balaban J connectivity index is 2.29. The molecule has 1 aromatic rings. The van der Waals surface area contributed by atoms with Crippen LogP contribution in [0.15, 0.2) is 6.20 Å². The van der Waals surface area contributed by atoms with E-state index in [0.717, 1.165) is 16.7 Å². The molecule has 2 amide bonds. The van der Waals surface area contributed by atoms with Gasteiger partial charge in [0, 0.05) is 7.05 Å². The molecule has 1 fully saturated rings. The fraction of sp³-hybridized carbons (Fsp3) is 0.333. The Morgan fingerprint density at radius 3 is 2.82 bits per heavy atom. The summed E-state index contributed by atoms with van der Waals surface area (Å²) in [6.07, 6.45) is 1.20. The van der Waals surface area contributed by atoms with Crippen molar-refractivity contribution in [3.8, 4) is 0 Å². The van der Waals surface area contributed by atoms with Gasteiger partial charge in [-0.15, -0.1) is 0 Å². The topological polar surface area (TPSA) is 92.5 Å². The number of aromatic nitrogens is 2. The summed E-state index contributed by atoms with van der Waals surface area (Å²) in [5, 5.41) is 12.4. The second kappa shape index (κ2) is 4.21. The molecular formula is C9H9N3O4S. The van der Waals surface area contributed by atoms with Gasteiger partial charge in [0.15, 0.2) is 0 Å². The van der Waals surface area contributed by atoms with Crippen molar-refractivity contribution in [3.63, 3.8) is 0 Å². The number of hydrogen-bond donors (Lipinski definition) is 1. The van der Waals surface area contributed by atoms with E-state index in [4.69, 9.17) is 5.11 Å². The molecule has 8 heteroatoms. The molecule has 90 valence electrons. The number of aryl methyl sites for hydroxylation is 1. The number of nitrogens with zero attached hydrogens (tertiary/aromatic N) is 3. The van der Waals surface area contributed by atoms with Crippen LogP contribution >= 0.6 is 11.8 Å². The molecule has 7 nitrogen and oxygen atoms in total. The van der Waals surface area contributed by atoms with E-state index in [0.29, 0.717) is 5.69 Å². The van der Waals surface area contributed by atoms with Crippen molar-refractivity contribution >= 4 is 28.9 Å². The maximum Gasteiger partial charge on any atom is 0.339 e. The second-order valence-electron chi connectivity index (χ2n) is 3.47. The third kappa shape index (κ3) is 2.03. The first-order chi connectivity index (χ1) is 8.00. The van der Waals surface area contributed by atoms with Crippen LogP contribution in [0.2, 0.25) is 0 Å². The van der Waals surface area contributed by atoms with Crippen LogP contribution in [0, 0.1) is 0 Å². The molecule has 1 saturated heterocycles. The lowest BCUT2D eigenvalue weighted by atomic mass is 10.2. The summed E-state index contributed by atoms with van der Waals surface area (Å²) < 4.78 is 1.35. The Morgan fingerprint density at radius 1 is 1.59 bits per heavy atom. The van der Waals surface area contributed by atoms with E-state index in [1.807, 2.05) is 0 Å². The Labute approximate surface area is 100 Å². The van der Waals surface area contributed by atoms with Gasteiger partial charge < -0.3 is 5.11 Å². The average molecular weight is 255 g/mol. The van der Waals surface area contributed by atoms with Crippen molar-refractivity contribution in [1.29, 1.82) is 0 Å². The van der Waals surface area contributed by atoms with E-state index < -0.39 is 5.97 Å². The summed E-state index contributed by atoms with van der Waals surface area (Å²) in [5.41, 5.74) is 0.340. The maximum atomic E-state index is 11.4. The largest absolute Gasteiger partial charge is 0.478 e. The minimum absolute atomic E-state index is 0.00463. The van der Waals surface area contributed by atoms with Crippen LogP contribution in [-0.2, 0) is 18.4 Å². The fourth-order valence-corrected chi connectivity index (χ4v) is 2.24. The van der Waals surface area contributed by atoms with Crippen LogP contribution < -0.4 is 0 Å². The van der Waals surface area contributed by atoms with Gasteiger partial charge in [0.2, 0.25) is 5.91 Å². The van der Waals surface area contributed by atoms with Gasteiger partial charge in [0.05, 0.1) is 24.2 Å². The Morgan fingerprint density at radius 2 is 2.29 bits per heavy atom. The number of amides is 2. The number of hydrogen-bond acceptors (Lipinski definition) is 5. The molecule has 0 atom stereocenters. The number of carboxylic acid groups (broad SMARTS) is 1. The van der Waals surface area contributed by atoms with Gasteiger partial charge in [0.1, 0.15) is 5.56 Å². The minimum Gasteiger partial charge on any atom is -0.478 e. The van der Waals surface area contributed by atoms with Crippen LogP contribution in [0.25, 0.3) is 0 Å². The molecule has 0 saturated carbocycles. The first kappa shape index (κ1) is 11.6. The summed E-state index contributed by atoms with van der Waals surface area (Å²) >= 11 is 0.916. The summed E-state index contributed by atoms with van der Waals surface area (Å²) in [7, 11) is 1.57. The number of rotatable bonds is 3. The van der Waals surface area contributed by atoms with Crippen molar-refractivity contribution < 1.29 is 19.5 Å². The molecule has 0 radical (unpaired) electrons. The van der Waals surface area contributed by atoms with Gasteiger partial charge >= 0.3 is 5.97 Å². The van der Waals surface area contributed by atoms with E-state index in [2.05, 4.69) is 5.10 Å². The molecular weight excluding hydrogens is 246 g/mol. The van der Waals surface area contributed by atoms with Gasteiger partial charge in [-0.2, -0.15) is 5.10 Å². The number of thioether (sulfide) groups is 1. The molecule has 17 heavy (non-hydrogen) atoms. The van der Waals surface area contributed by atoms with Crippen molar-refractivity contribution in [1.82, 2.24) is 14.7 Å². The number of carboxylic acids is 1. The zero-order chi connectivity index (χ0) is 12.6. The highest BCUT2D eigenvalue weighted by Gasteiger charge is 2.31. The van der Waals surface area contributed by atoms with Crippen molar-refractivity contribution in [2.45, 2.75) is 6.54 Å². The van der Waals surface area contributed by atoms with Gasteiger partial charge in [-0.25, -0.2) is 4.79 Å². The summed E-state index contributed by atoms with van der Waals surface area (Å²) in [5.74, 6) is -1.32. The lowest BCUT2D eigenvalue weighted by molar-refractivity contribution is -0.125. The monoisotopic (exact) mass is 255 g/mol. The third-order valence-electron chi connectivity index (χ3n) is 2.44. The third-order valence-corrected chi connectivity index (χ3v) is 3.30. The molecule has 0 bridgehead atoms. The highest BCUT2D eigenvalue weighted by molar-refractivity contribution is 8.14. The normalized spacial score (nSPS) is 15.7. The highest BCUT2D eigenvalue weighted by Crippen LogP contribution is 2.22. The molecule has 1 N–H and O–H groups in total. The maximum absolute atomic E-state index is 11.4. The van der Waals surface area contributed by atoms with E-state index in [-0.39, 0.29) is 29.0 Å². The first-order valence-corrected chi connectivity index (χ1v) is 5.70. The molecule has 2 rings (SSSR count). The van der Waals surface area contributed by atoms with Crippen LogP contribution in [0.4, 0.5) is 4.79 Å². The molecule has 2 heterocycles. The van der Waals surface area contributed by atoms with Gasteiger partial charge in [0.25, 0.3) is 5.24 Å². The Bertz CT molecular complexity index is 494. The van der Waals surface area contributed by atoms with Crippen LogP contribution in [0.1, 0.15) is 16.1 Å². The quantitative estimate of drug-likeness (QED) is 0.835. The molecule has 0 spiro atoms. The second-order valence-corrected chi connectivity index (χ2v) is 4.39. The van der Waals surface area contributed by atoms with Crippen LogP contribution in [-0.4, -0.2) is 42.7 Å². The van der Waals surface area contributed by atoms with E-state index in [9.17, 15) is 14.4 Å². The summed E-state index contributed by atoms with van der Waals surface area (Å²) in [4.78, 5) is 34.8. The molecule has 1 aromatic heterocycles. The van der Waals surface area contributed by atoms with Gasteiger partial charge in [-0.3, -0.25) is 19.2 Å². The number of carbonyl (C=O) groups excluding carboxylic acids is 2. The van der Waals surface area contributed by atoms with E-state index >= 15 is 0 Å². The summed E-state index contributed by atoms with van der Waals surface area (Å²) in [6.45, 7) is -0.0528. The predicted molar refractivity (Wildman–Crippen MR) is 58.6 cm³/mol. The predicted octanol–water partition coefficient (Wildman–Crippen LogP) is 0.314. The van der Waals surface area contributed by atoms with Gasteiger partial charge in [-0.1, -0.05) is 11.8 Å². The van der Waals surface area contributed by atoms with Crippen molar-refractivity contribution in [2.75, 3.05) is 5.75 Å². The number of imide groups is 1. The van der Waals surface area contributed by atoms with Crippen molar-refractivity contribution in [3.05, 3.63) is 17.5 Å². The van der Waals surface area contributed by atoms with E-state index in [1.165, 1.54) is 10.9 Å². The summed E-state index contributed by atoms with van der Waals surface area (Å²) in [6, 6.07) is 0. The number of aromatic carboxylic acids is 1. The first-order valence-electron chi connectivity index (χ1n) is 4.72. The number of carbonyl (C=O) groups is 3. The standard InChI is InChI=1S/C9H9N3O4S/c1-11-6(5(2-10-11)8(14)15)3-12-7(13)4-17-9(12)16/h2H,3-4H2,1H3,(H,14,15). The van der Waals surface area contributed by atoms with Crippen LogP contribution in [0.3, 0.4) is 0 Å². The van der Waals surface area contributed by atoms with E-state index in [1.54, 1.807) is 7.05 Å². The molecule has 0 unspecified atom stereocenters. The van der Waals surface area contributed by atoms with Crippen molar-refractivity contribution in [2.24, 2.45) is 7.05 Å².